The Labute approximate surface area is 118 Å². The molecule has 0 aliphatic carbocycles. The Kier molecular flexibility index (Phi) is 5.41. The minimum absolute atomic E-state index is 0.187. The molecule has 1 saturated heterocycles. The maximum absolute atomic E-state index is 6.31. The van der Waals surface area contributed by atoms with Crippen LogP contribution in [0.5, 0.6) is 0 Å². The summed E-state index contributed by atoms with van der Waals surface area (Å²) in [6.07, 6.45) is 4.99. The van der Waals surface area contributed by atoms with Gasteiger partial charge in [0, 0.05) is 6.04 Å². The van der Waals surface area contributed by atoms with E-state index >= 15 is 0 Å². The summed E-state index contributed by atoms with van der Waals surface area (Å²) < 4.78 is 0. The number of nitrogens with two attached hydrogens (primary N) is 1. The van der Waals surface area contributed by atoms with Crippen LogP contribution in [0.1, 0.15) is 62.6 Å². The highest BCUT2D eigenvalue weighted by molar-refractivity contribution is 5.26. The quantitative estimate of drug-likeness (QED) is 0.845. The zero-order valence-corrected chi connectivity index (χ0v) is 12.4. The predicted molar refractivity (Wildman–Crippen MR) is 82.4 cm³/mol. The lowest BCUT2D eigenvalue weighted by Gasteiger charge is -2.19. The van der Waals surface area contributed by atoms with Crippen molar-refractivity contribution in [1.82, 2.24) is 4.90 Å². The average Bonchev–Trinajstić information content (AvgIpc) is 2.97. The Bertz CT molecular complexity index is 365. The number of hydrogen-bond acceptors (Lipinski definition) is 2. The van der Waals surface area contributed by atoms with E-state index in [2.05, 4.69) is 43.0 Å². The molecule has 106 valence electrons. The van der Waals surface area contributed by atoms with Gasteiger partial charge in [-0.25, -0.2) is 0 Å². The second-order valence-corrected chi connectivity index (χ2v) is 5.92. The fourth-order valence-electron chi connectivity index (χ4n) is 2.80. The minimum atomic E-state index is 0.187. The van der Waals surface area contributed by atoms with Gasteiger partial charge in [-0.1, -0.05) is 38.1 Å². The van der Waals surface area contributed by atoms with Crippen LogP contribution in [0, 0.1) is 0 Å². The van der Waals surface area contributed by atoms with E-state index < -0.39 is 0 Å². The van der Waals surface area contributed by atoms with Crippen molar-refractivity contribution in [2.24, 2.45) is 5.73 Å². The molecule has 0 amide bonds. The molecule has 1 aliphatic rings. The van der Waals surface area contributed by atoms with Crippen molar-refractivity contribution >= 4 is 0 Å². The van der Waals surface area contributed by atoms with E-state index in [1.165, 1.54) is 43.5 Å². The van der Waals surface area contributed by atoms with E-state index in [4.69, 9.17) is 5.73 Å². The molecule has 2 rings (SSSR count). The van der Waals surface area contributed by atoms with Crippen LogP contribution in [0.25, 0.3) is 0 Å². The predicted octanol–water partition coefficient (Wildman–Crippen LogP) is 3.69. The van der Waals surface area contributed by atoms with Crippen LogP contribution in [-0.2, 0) is 0 Å². The highest BCUT2D eigenvalue weighted by Gasteiger charge is 2.13. The highest BCUT2D eigenvalue weighted by atomic mass is 15.1. The van der Waals surface area contributed by atoms with Gasteiger partial charge < -0.3 is 10.6 Å². The van der Waals surface area contributed by atoms with Gasteiger partial charge >= 0.3 is 0 Å². The number of rotatable bonds is 6. The molecule has 0 spiro atoms. The summed E-state index contributed by atoms with van der Waals surface area (Å²) in [6.45, 7) is 8.19. The summed E-state index contributed by atoms with van der Waals surface area (Å²) >= 11 is 0. The highest BCUT2D eigenvalue weighted by Crippen LogP contribution is 2.22. The molecule has 1 heterocycles. The summed E-state index contributed by atoms with van der Waals surface area (Å²) in [5, 5.41) is 0. The van der Waals surface area contributed by atoms with Gasteiger partial charge in [0.05, 0.1) is 0 Å². The number of hydrogen-bond donors (Lipinski definition) is 1. The van der Waals surface area contributed by atoms with Crippen molar-refractivity contribution < 1.29 is 0 Å². The first-order valence-electron chi connectivity index (χ1n) is 7.78. The molecule has 1 aromatic carbocycles. The topological polar surface area (TPSA) is 29.3 Å². The molecule has 2 heteroatoms. The third kappa shape index (κ3) is 4.05. The first kappa shape index (κ1) is 14.5. The van der Waals surface area contributed by atoms with Crippen LogP contribution in [0.3, 0.4) is 0 Å². The largest absolute Gasteiger partial charge is 0.324 e. The van der Waals surface area contributed by atoms with Crippen molar-refractivity contribution in [3.8, 4) is 0 Å². The Hall–Kier alpha value is -0.860. The fraction of sp³-hybridized carbons (Fsp3) is 0.647. The lowest BCUT2D eigenvalue weighted by molar-refractivity contribution is 0.322. The molecule has 1 fully saturated rings. The van der Waals surface area contributed by atoms with E-state index in [1.807, 2.05) is 0 Å². The van der Waals surface area contributed by atoms with E-state index in [1.54, 1.807) is 0 Å². The smallest absolute Gasteiger partial charge is 0.0307 e. The van der Waals surface area contributed by atoms with Gasteiger partial charge in [-0.15, -0.1) is 0 Å². The van der Waals surface area contributed by atoms with Gasteiger partial charge in [0.15, 0.2) is 0 Å². The van der Waals surface area contributed by atoms with Crippen LogP contribution >= 0.6 is 0 Å². The number of likely N-dealkylation sites (tertiary alicyclic amines) is 1. The number of benzene rings is 1. The Morgan fingerprint density at radius 3 is 2.26 bits per heavy atom. The monoisotopic (exact) mass is 260 g/mol. The molecule has 1 aliphatic heterocycles. The molecule has 2 nitrogen and oxygen atoms in total. The van der Waals surface area contributed by atoms with Gasteiger partial charge in [-0.3, -0.25) is 0 Å². The Balaban J connectivity index is 1.86. The second kappa shape index (κ2) is 7.06. The number of nitrogens with zero attached hydrogens (tertiary/aromatic N) is 1. The van der Waals surface area contributed by atoms with Gasteiger partial charge in [0.2, 0.25) is 0 Å². The molecule has 1 aromatic rings. The van der Waals surface area contributed by atoms with E-state index in [9.17, 15) is 0 Å². The van der Waals surface area contributed by atoms with E-state index in [-0.39, 0.29) is 6.04 Å². The van der Waals surface area contributed by atoms with E-state index in [0.717, 1.165) is 13.0 Å². The van der Waals surface area contributed by atoms with Gasteiger partial charge in [-0.05, 0) is 62.4 Å². The van der Waals surface area contributed by atoms with Crippen LogP contribution < -0.4 is 5.73 Å². The average molecular weight is 260 g/mol. The molecule has 2 atom stereocenters. The Morgan fingerprint density at radius 2 is 1.68 bits per heavy atom. The second-order valence-electron chi connectivity index (χ2n) is 5.92. The first-order valence-corrected chi connectivity index (χ1v) is 7.78. The molecule has 19 heavy (non-hydrogen) atoms. The lowest BCUT2D eigenvalue weighted by Crippen LogP contribution is -2.24. The summed E-state index contributed by atoms with van der Waals surface area (Å²) in [6, 6.07) is 9.12. The Morgan fingerprint density at radius 1 is 1.11 bits per heavy atom. The van der Waals surface area contributed by atoms with Crippen LogP contribution in [0.4, 0.5) is 0 Å². The van der Waals surface area contributed by atoms with E-state index in [0.29, 0.717) is 5.92 Å². The third-order valence-corrected chi connectivity index (χ3v) is 4.50. The van der Waals surface area contributed by atoms with Gasteiger partial charge in [0.25, 0.3) is 0 Å². The summed E-state index contributed by atoms with van der Waals surface area (Å²) in [5.74, 6) is 0.648. The molecule has 0 aromatic heterocycles. The summed E-state index contributed by atoms with van der Waals surface area (Å²) in [5.41, 5.74) is 9.02. The summed E-state index contributed by atoms with van der Waals surface area (Å²) in [7, 11) is 0. The maximum atomic E-state index is 6.31. The van der Waals surface area contributed by atoms with Crippen LogP contribution in [0.15, 0.2) is 24.3 Å². The normalized spacial score (nSPS) is 19.5. The molecular formula is C17H28N2. The van der Waals surface area contributed by atoms with Gasteiger partial charge in [0.1, 0.15) is 0 Å². The van der Waals surface area contributed by atoms with Crippen molar-refractivity contribution in [2.45, 2.75) is 51.5 Å². The molecule has 2 unspecified atom stereocenters. The molecular weight excluding hydrogens is 232 g/mol. The fourth-order valence-corrected chi connectivity index (χ4v) is 2.80. The third-order valence-electron chi connectivity index (χ3n) is 4.50. The zero-order valence-electron chi connectivity index (χ0n) is 12.4. The van der Waals surface area contributed by atoms with Crippen LogP contribution in [-0.4, -0.2) is 24.5 Å². The molecule has 0 bridgehead atoms. The van der Waals surface area contributed by atoms with Crippen molar-refractivity contribution in [2.75, 3.05) is 19.6 Å². The standard InChI is InChI=1S/C17H28N2/c1-3-14(2)15-6-8-16(9-7-15)17(18)10-13-19-11-4-5-12-19/h6-9,14,17H,3-5,10-13,18H2,1-2H3. The van der Waals surface area contributed by atoms with Gasteiger partial charge in [-0.2, -0.15) is 0 Å². The van der Waals surface area contributed by atoms with Crippen molar-refractivity contribution in [1.29, 1.82) is 0 Å². The lowest BCUT2D eigenvalue weighted by atomic mass is 9.95. The summed E-state index contributed by atoms with van der Waals surface area (Å²) in [4.78, 5) is 2.54. The van der Waals surface area contributed by atoms with Crippen LogP contribution in [0.2, 0.25) is 0 Å². The van der Waals surface area contributed by atoms with Crippen molar-refractivity contribution in [3.05, 3.63) is 35.4 Å². The van der Waals surface area contributed by atoms with Crippen molar-refractivity contribution in [3.63, 3.8) is 0 Å². The first-order chi connectivity index (χ1) is 9.20. The maximum Gasteiger partial charge on any atom is 0.0307 e. The zero-order chi connectivity index (χ0) is 13.7. The molecule has 0 radical (unpaired) electrons. The SMILES string of the molecule is CCC(C)c1ccc(C(N)CCN2CCCC2)cc1. The molecule has 2 N–H and O–H groups in total. The minimum Gasteiger partial charge on any atom is -0.324 e. The molecule has 0 saturated carbocycles.